The van der Waals surface area contributed by atoms with Gasteiger partial charge in [-0.3, -0.25) is 0 Å². The van der Waals surface area contributed by atoms with Crippen molar-refractivity contribution in [1.82, 2.24) is 5.32 Å². The molecule has 0 radical (unpaired) electrons. The Labute approximate surface area is 120 Å². The van der Waals surface area contributed by atoms with Gasteiger partial charge in [-0.15, -0.1) is 0 Å². The molecule has 1 aliphatic rings. The SMILES string of the molecule is CCC(C)C(COC1CC(C)CCC1C(C)C)NC. The van der Waals surface area contributed by atoms with E-state index in [1.807, 2.05) is 0 Å². The van der Waals surface area contributed by atoms with Crippen molar-refractivity contribution < 1.29 is 4.74 Å². The van der Waals surface area contributed by atoms with E-state index >= 15 is 0 Å². The largest absolute Gasteiger partial charge is 0.376 e. The third kappa shape index (κ3) is 5.07. The van der Waals surface area contributed by atoms with Crippen molar-refractivity contribution in [3.8, 4) is 0 Å². The maximum absolute atomic E-state index is 6.34. The summed E-state index contributed by atoms with van der Waals surface area (Å²) in [6.45, 7) is 12.5. The number of likely N-dealkylation sites (N-methyl/N-ethyl adjacent to an activating group) is 1. The standard InChI is InChI=1S/C17H35NO/c1-7-14(5)16(18-6)11-19-17-10-13(4)8-9-15(17)12(2)3/h12-18H,7-11H2,1-6H3. The fraction of sp³-hybridized carbons (Fsp3) is 1.00. The van der Waals surface area contributed by atoms with Crippen LogP contribution < -0.4 is 5.32 Å². The van der Waals surface area contributed by atoms with Gasteiger partial charge in [-0.05, 0) is 43.6 Å². The molecule has 0 spiro atoms. The van der Waals surface area contributed by atoms with Crippen LogP contribution in [0.3, 0.4) is 0 Å². The minimum atomic E-state index is 0.476. The Balaban J connectivity index is 2.51. The molecule has 5 unspecified atom stereocenters. The van der Waals surface area contributed by atoms with Crippen LogP contribution in [-0.2, 0) is 4.74 Å². The Morgan fingerprint density at radius 3 is 2.42 bits per heavy atom. The molecule has 0 bridgehead atoms. The summed E-state index contributed by atoms with van der Waals surface area (Å²) in [6, 6.07) is 0.495. The fourth-order valence-corrected chi connectivity index (χ4v) is 3.35. The molecule has 0 saturated heterocycles. The monoisotopic (exact) mass is 269 g/mol. The third-order valence-electron chi connectivity index (χ3n) is 5.15. The molecule has 2 nitrogen and oxygen atoms in total. The normalized spacial score (nSPS) is 31.4. The van der Waals surface area contributed by atoms with Gasteiger partial charge in [0.25, 0.3) is 0 Å². The Hall–Kier alpha value is -0.0800. The third-order valence-corrected chi connectivity index (χ3v) is 5.15. The first-order chi connectivity index (χ1) is 8.99. The van der Waals surface area contributed by atoms with Crippen molar-refractivity contribution in [2.75, 3.05) is 13.7 Å². The summed E-state index contributed by atoms with van der Waals surface area (Å²) in [5, 5.41) is 3.42. The zero-order valence-corrected chi connectivity index (χ0v) is 13.9. The van der Waals surface area contributed by atoms with Crippen molar-refractivity contribution in [3.05, 3.63) is 0 Å². The zero-order chi connectivity index (χ0) is 14.4. The average Bonchev–Trinajstić information content (AvgIpc) is 2.38. The first-order valence-electron chi connectivity index (χ1n) is 8.28. The molecule has 0 aromatic rings. The number of rotatable bonds is 7. The van der Waals surface area contributed by atoms with Crippen LogP contribution in [0.15, 0.2) is 0 Å². The summed E-state index contributed by atoms with van der Waals surface area (Å²) in [5.74, 6) is 3.01. The van der Waals surface area contributed by atoms with Gasteiger partial charge in [0.05, 0.1) is 12.7 Å². The molecule has 0 amide bonds. The number of ether oxygens (including phenoxy) is 1. The Morgan fingerprint density at radius 2 is 1.89 bits per heavy atom. The molecule has 1 rings (SSSR count). The van der Waals surface area contributed by atoms with Gasteiger partial charge in [0.15, 0.2) is 0 Å². The van der Waals surface area contributed by atoms with Crippen molar-refractivity contribution in [3.63, 3.8) is 0 Å². The lowest BCUT2D eigenvalue weighted by Gasteiger charge is -2.38. The molecular formula is C17H35NO. The lowest BCUT2D eigenvalue weighted by molar-refractivity contribution is -0.0496. The Kier molecular flexibility index (Phi) is 7.38. The Bertz CT molecular complexity index is 241. The molecule has 1 fully saturated rings. The van der Waals surface area contributed by atoms with Crippen molar-refractivity contribution >= 4 is 0 Å². The summed E-state index contributed by atoms with van der Waals surface area (Å²) < 4.78 is 6.34. The van der Waals surface area contributed by atoms with E-state index in [2.05, 4.69) is 47.0 Å². The number of hydrogen-bond acceptors (Lipinski definition) is 2. The molecule has 1 N–H and O–H groups in total. The topological polar surface area (TPSA) is 21.3 Å². The lowest BCUT2D eigenvalue weighted by atomic mass is 9.75. The maximum atomic E-state index is 6.34. The molecule has 114 valence electrons. The van der Waals surface area contributed by atoms with Gasteiger partial charge < -0.3 is 10.1 Å². The second-order valence-corrected chi connectivity index (χ2v) is 6.98. The predicted molar refractivity (Wildman–Crippen MR) is 83.4 cm³/mol. The van der Waals surface area contributed by atoms with Crippen molar-refractivity contribution in [2.24, 2.45) is 23.7 Å². The zero-order valence-electron chi connectivity index (χ0n) is 13.9. The van der Waals surface area contributed by atoms with Gasteiger partial charge in [-0.1, -0.05) is 47.5 Å². The van der Waals surface area contributed by atoms with Crippen LogP contribution in [-0.4, -0.2) is 25.8 Å². The molecular weight excluding hydrogens is 234 g/mol. The van der Waals surface area contributed by atoms with Crippen LogP contribution >= 0.6 is 0 Å². The van der Waals surface area contributed by atoms with Crippen molar-refractivity contribution in [1.29, 1.82) is 0 Å². The second kappa shape index (κ2) is 8.26. The van der Waals surface area contributed by atoms with E-state index in [1.165, 1.54) is 25.7 Å². The first-order valence-corrected chi connectivity index (χ1v) is 8.28. The summed E-state index contributed by atoms with van der Waals surface area (Å²) in [5.41, 5.74) is 0. The first kappa shape index (κ1) is 17.0. The molecule has 0 aromatic carbocycles. The van der Waals surface area contributed by atoms with Gasteiger partial charge >= 0.3 is 0 Å². The van der Waals surface area contributed by atoms with E-state index in [1.54, 1.807) is 0 Å². The molecule has 0 heterocycles. The Morgan fingerprint density at radius 1 is 1.21 bits per heavy atom. The van der Waals surface area contributed by atoms with Crippen LogP contribution in [0.5, 0.6) is 0 Å². The quantitative estimate of drug-likeness (QED) is 0.751. The second-order valence-electron chi connectivity index (χ2n) is 6.98. The highest BCUT2D eigenvalue weighted by molar-refractivity contribution is 4.82. The average molecular weight is 269 g/mol. The minimum absolute atomic E-state index is 0.476. The van der Waals surface area contributed by atoms with Gasteiger partial charge in [0.2, 0.25) is 0 Å². The van der Waals surface area contributed by atoms with Gasteiger partial charge in [-0.2, -0.15) is 0 Å². The lowest BCUT2D eigenvalue weighted by Crippen LogP contribution is -2.41. The summed E-state index contributed by atoms with van der Waals surface area (Å²) >= 11 is 0. The highest BCUT2D eigenvalue weighted by atomic mass is 16.5. The van der Waals surface area contributed by atoms with Gasteiger partial charge in [-0.25, -0.2) is 0 Å². The maximum Gasteiger partial charge on any atom is 0.0626 e. The molecule has 2 heteroatoms. The van der Waals surface area contributed by atoms with E-state index in [9.17, 15) is 0 Å². The van der Waals surface area contributed by atoms with Crippen LogP contribution in [0.25, 0.3) is 0 Å². The highest BCUT2D eigenvalue weighted by Crippen LogP contribution is 2.35. The minimum Gasteiger partial charge on any atom is -0.376 e. The van der Waals surface area contributed by atoms with Crippen molar-refractivity contribution in [2.45, 2.75) is 72.4 Å². The molecule has 19 heavy (non-hydrogen) atoms. The fourth-order valence-electron chi connectivity index (χ4n) is 3.35. The summed E-state index contributed by atoms with van der Waals surface area (Å²) in [4.78, 5) is 0. The van der Waals surface area contributed by atoms with Crippen LogP contribution in [0.2, 0.25) is 0 Å². The van der Waals surface area contributed by atoms with Crippen LogP contribution in [0.4, 0.5) is 0 Å². The molecule has 0 aliphatic heterocycles. The van der Waals surface area contributed by atoms with Gasteiger partial charge in [0.1, 0.15) is 0 Å². The number of nitrogens with one attached hydrogen (secondary N) is 1. The number of hydrogen-bond donors (Lipinski definition) is 1. The predicted octanol–water partition coefficient (Wildman–Crippen LogP) is 4.10. The van der Waals surface area contributed by atoms with Gasteiger partial charge in [0, 0.05) is 6.04 Å². The van der Waals surface area contributed by atoms with E-state index in [0.29, 0.717) is 18.1 Å². The van der Waals surface area contributed by atoms with Crippen LogP contribution in [0, 0.1) is 23.7 Å². The molecule has 1 saturated carbocycles. The summed E-state index contributed by atoms with van der Waals surface area (Å²) in [7, 11) is 2.06. The van der Waals surface area contributed by atoms with E-state index in [0.717, 1.165) is 24.4 Å². The summed E-state index contributed by atoms with van der Waals surface area (Å²) in [6.07, 6.45) is 5.66. The van der Waals surface area contributed by atoms with E-state index in [4.69, 9.17) is 4.74 Å². The molecule has 5 atom stereocenters. The van der Waals surface area contributed by atoms with E-state index in [-0.39, 0.29) is 0 Å². The van der Waals surface area contributed by atoms with Crippen LogP contribution in [0.1, 0.15) is 60.3 Å². The van der Waals surface area contributed by atoms with E-state index < -0.39 is 0 Å². The smallest absolute Gasteiger partial charge is 0.0626 e. The molecule has 1 aliphatic carbocycles. The highest BCUT2D eigenvalue weighted by Gasteiger charge is 2.32. The molecule has 0 aromatic heterocycles.